The van der Waals surface area contributed by atoms with Gasteiger partial charge in [-0.15, -0.1) is 11.3 Å². The normalized spacial score (nSPS) is 14.3. The van der Waals surface area contributed by atoms with Crippen molar-refractivity contribution in [1.82, 2.24) is 4.98 Å². The zero-order valence-corrected chi connectivity index (χ0v) is 36.6. The van der Waals surface area contributed by atoms with Crippen LogP contribution in [0.25, 0.3) is 109 Å². The highest BCUT2D eigenvalue weighted by Gasteiger charge is 2.37. The number of benzene rings is 10. The van der Waals surface area contributed by atoms with Crippen LogP contribution in [-0.4, -0.2) is 4.98 Å². The highest BCUT2D eigenvalue weighted by atomic mass is 32.1. The summed E-state index contributed by atoms with van der Waals surface area (Å²) in [6.07, 6.45) is 0. The molecule has 0 bridgehead atoms. The molecule has 0 spiro atoms. The van der Waals surface area contributed by atoms with Crippen molar-refractivity contribution in [1.29, 1.82) is 0 Å². The number of thiazole rings is 1. The fourth-order valence-corrected chi connectivity index (χ4v) is 12.2. The highest BCUT2D eigenvalue weighted by Crippen LogP contribution is 2.53. The molecule has 0 N–H and O–H groups in total. The topological polar surface area (TPSA) is 12.9 Å². The van der Waals surface area contributed by atoms with E-state index in [4.69, 9.17) is 4.98 Å². The molecular formula is C61H43NS. The Bertz CT molecular complexity index is 3710. The molecule has 1 nitrogen and oxygen atoms in total. The Labute approximate surface area is 372 Å². The zero-order chi connectivity index (χ0) is 42.2. The average Bonchev–Trinajstić information content (AvgIpc) is 3.93. The molecule has 2 aliphatic carbocycles. The van der Waals surface area contributed by atoms with Crippen LogP contribution in [0.4, 0.5) is 0 Å². The maximum atomic E-state index is 4.96. The van der Waals surface area contributed by atoms with E-state index >= 15 is 0 Å². The van der Waals surface area contributed by atoms with Gasteiger partial charge in [0.2, 0.25) is 0 Å². The second kappa shape index (κ2) is 13.2. The minimum Gasteiger partial charge on any atom is -0.236 e. The van der Waals surface area contributed by atoms with E-state index in [-0.39, 0.29) is 10.8 Å². The maximum absolute atomic E-state index is 4.96. The molecule has 11 aromatic rings. The predicted molar refractivity (Wildman–Crippen MR) is 269 cm³/mol. The SMILES string of the molecule is CC1(C)c2ccccc2-c2ccc(-c3c4ccccc4c(-c4ccc5c(c4)C(C)(C)c4ccccc4-5)c4cc(-c5ccc6cc(-c7nc8ccccc8s7)ccc6c5)ccc34)cc21. The number of aromatic nitrogens is 1. The molecule has 0 unspecified atom stereocenters. The standard InChI is InChI=1S/C61H43NS/c1-60(2)51-17-9-7-13-43(51)45-28-26-40(34-53(45)60)57-47-15-5-6-16-48(47)58(41-27-29-46-44-14-8-10-18-52(44)61(3,4)54(46)35-41)50-33-39(25-30-49(50)57)37-21-22-38-32-42(24-23-36(38)31-37)59-62-55-19-11-12-20-56(55)63-59/h5-35H,1-4H3. The van der Waals surface area contributed by atoms with Crippen LogP contribution >= 0.6 is 11.3 Å². The largest absolute Gasteiger partial charge is 0.236 e. The van der Waals surface area contributed by atoms with Crippen LogP contribution in [0, 0.1) is 0 Å². The lowest BCUT2D eigenvalue weighted by atomic mass is 9.79. The Morgan fingerprint density at radius 2 is 0.810 bits per heavy atom. The Balaban J connectivity index is 1.03. The molecule has 0 saturated carbocycles. The fourth-order valence-electron chi connectivity index (χ4n) is 11.3. The maximum Gasteiger partial charge on any atom is 0.124 e. The van der Waals surface area contributed by atoms with Gasteiger partial charge in [0.1, 0.15) is 5.01 Å². The van der Waals surface area contributed by atoms with Gasteiger partial charge >= 0.3 is 0 Å². The number of rotatable bonds is 4. The summed E-state index contributed by atoms with van der Waals surface area (Å²) < 4.78 is 1.22. The molecule has 2 heteroatoms. The van der Waals surface area contributed by atoms with Crippen LogP contribution in [0.1, 0.15) is 49.9 Å². The van der Waals surface area contributed by atoms with Crippen LogP contribution < -0.4 is 0 Å². The molecule has 0 fully saturated rings. The highest BCUT2D eigenvalue weighted by molar-refractivity contribution is 7.21. The Morgan fingerprint density at radius 1 is 0.349 bits per heavy atom. The number of para-hydroxylation sites is 1. The van der Waals surface area contributed by atoms with Crippen molar-refractivity contribution in [3.05, 3.63) is 210 Å². The summed E-state index contributed by atoms with van der Waals surface area (Å²) in [7, 11) is 0. The van der Waals surface area contributed by atoms with Crippen molar-refractivity contribution in [3.63, 3.8) is 0 Å². The summed E-state index contributed by atoms with van der Waals surface area (Å²) in [5, 5.41) is 8.58. The van der Waals surface area contributed by atoms with E-state index in [1.165, 1.54) is 115 Å². The van der Waals surface area contributed by atoms with Crippen LogP contribution in [0.2, 0.25) is 0 Å². The molecule has 0 radical (unpaired) electrons. The predicted octanol–water partition coefficient (Wildman–Crippen LogP) is 17.0. The van der Waals surface area contributed by atoms with Gasteiger partial charge in [-0.2, -0.15) is 0 Å². The Hall–Kier alpha value is -7.13. The second-order valence-corrected chi connectivity index (χ2v) is 19.7. The molecule has 0 amide bonds. The summed E-state index contributed by atoms with van der Waals surface area (Å²) in [5.41, 5.74) is 20.5. The van der Waals surface area contributed by atoms with E-state index in [1.54, 1.807) is 11.3 Å². The van der Waals surface area contributed by atoms with Crippen molar-refractivity contribution < 1.29 is 0 Å². The van der Waals surface area contributed by atoms with Gasteiger partial charge in [-0.1, -0.05) is 173 Å². The molecular weight excluding hydrogens is 779 g/mol. The molecule has 1 aromatic heterocycles. The van der Waals surface area contributed by atoms with E-state index in [1.807, 2.05) is 0 Å². The van der Waals surface area contributed by atoms with Gasteiger partial charge in [-0.3, -0.25) is 0 Å². The minimum atomic E-state index is -0.106. The molecule has 0 atom stereocenters. The summed E-state index contributed by atoms with van der Waals surface area (Å²) in [6, 6.07) is 70.8. The van der Waals surface area contributed by atoms with E-state index in [0.717, 1.165) is 16.1 Å². The molecule has 0 saturated heterocycles. The van der Waals surface area contributed by atoms with Crippen molar-refractivity contribution in [2.75, 3.05) is 0 Å². The third-order valence-electron chi connectivity index (χ3n) is 14.5. The average molecular weight is 822 g/mol. The van der Waals surface area contributed by atoms with Crippen molar-refractivity contribution >= 4 is 53.9 Å². The molecule has 0 aliphatic heterocycles. The molecule has 1 heterocycles. The van der Waals surface area contributed by atoms with Gasteiger partial charge in [0.25, 0.3) is 0 Å². The Kier molecular flexibility index (Phi) is 7.65. The Morgan fingerprint density at radius 3 is 1.44 bits per heavy atom. The van der Waals surface area contributed by atoms with Crippen LogP contribution in [0.15, 0.2) is 188 Å². The molecule has 63 heavy (non-hydrogen) atoms. The second-order valence-electron chi connectivity index (χ2n) is 18.7. The smallest absolute Gasteiger partial charge is 0.124 e. The quantitative estimate of drug-likeness (QED) is 0.161. The van der Waals surface area contributed by atoms with Gasteiger partial charge < -0.3 is 0 Å². The van der Waals surface area contributed by atoms with Gasteiger partial charge in [0.05, 0.1) is 10.2 Å². The van der Waals surface area contributed by atoms with Crippen LogP contribution in [0.3, 0.4) is 0 Å². The molecule has 2 aliphatic rings. The minimum absolute atomic E-state index is 0.0965. The summed E-state index contributed by atoms with van der Waals surface area (Å²) >= 11 is 1.75. The third kappa shape index (κ3) is 5.32. The van der Waals surface area contributed by atoms with Crippen molar-refractivity contribution in [2.24, 2.45) is 0 Å². The van der Waals surface area contributed by atoms with E-state index in [2.05, 4.69) is 216 Å². The van der Waals surface area contributed by atoms with Crippen LogP contribution in [-0.2, 0) is 10.8 Å². The zero-order valence-electron chi connectivity index (χ0n) is 35.8. The van der Waals surface area contributed by atoms with Gasteiger partial charge in [0, 0.05) is 16.4 Å². The molecule has 298 valence electrons. The number of fused-ring (bicyclic) bond motifs is 10. The first-order chi connectivity index (χ1) is 30.7. The van der Waals surface area contributed by atoms with Gasteiger partial charge in [-0.05, 0) is 153 Å². The fraction of sp³-hybridized carbons (Fsp3) is 0.0984. The lowest BCUT2D eigenvalue weighted by Gasteiger charge is -2.24. The number of hydrogen-bond donors (Lipinski definition) is 0. The molecule has 10 aromatic carbocycles. The summed E-state index contributed by atoms with van der Waals surface area (Å²) in [6.45, 7) is 9.53. The van der Waals surface area contributed by atoms with Crippen LogP contribution in [0.5, 0.6) is 0 Å². The first kappa shape index (κ1) is 36.5. The van der Waals surface area contributed by atoms with Crippen molar-refractivity contribution in [2.45, 2.75) is 38.5 Å². The van der Waals surface area contributed by atoms with E-state index in [9.17, 15) is 0 Å². The first-order valence-electron chi connectivity index (χ1n) is 22.1. The van der Waals surface area contributed by atoms with Gasteiger partial charge in [-0.25, -0.2) is 4.98 Å². The van der Waals surface area contributed by atoms with Crippen molar-refractivity contribution in [3.8, 4) is 66.2 Å². The lowest BCUT2D eigenvalue weighted by molar-refractivity contribution is 0.660. The molecule has 13 rings (SSSR count). The third-order valence-corrected chi connectivity index (χ3v) is 15.6. The monoisotopic (exact) mass is 821 g/mol. The van der Waals surface area contributed by atoms with Gasteiger partial charge in [0.15, 0.2) is 0 Å². The lowest BCUT2D eigenvalue weighted by Crippen LogP contribution is -2.15. The van der Waals surface area contributed by atoms with E-state index < -0.39 is 0 Å². The summed E-state index contributed by atoms with van der Waals surface area (Å²) in [5.74, 6) is 0. The number of hydrogen-bond acceptors (Lipinski definition) is 2. The summed E-state index contributed by atoms with van der Waals surface area (Å²) in [4.78, 5) is 4.96. The first-order valence-corrected chi connectivity index (χ1v) is 22.9. The van der Waals surface area contributed by atoms with E-state index in [0.29, 0.717) is 0 Å². The number of nitrogens with zero attached hydrogens (tertiary/aromatic N) is 1.